The van der Waals surface area contributed by atoms with Gasteiger partial charge in [0.25, 0.3) is 0 Å². The Bertz CT molecular complexity index is 546. The molecule has 0 spiro atoms. The molecule has 1 aliphatic rings. The lowest BCUT2D eigenvalue weighted by Gasteiger charge is -2.22. The molecule has 0 aliphatic heterocycles. The second kappa shape index (κ2) is 6.76. The minimum Gasteiger partial charge on any atom is -0.492 e. The molecule has 0 radical (unpaired) electrons. The summed E-state index contributed by atoms with van der Waals surface area (Å²) in [7, 11) is 0. The molecule has 1 aliphatic carbocycles. The average molecular weight is 269 g/mol. The van der Waals surface area contributed by atoms with Crippen molar-refractivity contribution in [2.75, 3.05) is 13.2 Å². The topological polar surface area (TPSA) is 21.3 Å². The standard InChI is InChI=1S/C18H23NO/c1-2-8-17(9-3-1)19-12-13-20-18-11-10-15-6-4-5-7-16(15)14-18/h4-7,10-11,14,17,19H,1-3,8-9,12-13H2. The molecule has 1 fully saturated rings. The summed E-state index contributed by atoms with van der Waals surface area (Å²) in [4.78, 5) is 0. The Hall–Kier alpha value is -1.54. The van der Waals surface area contributed by atoms with E-state index in [1.54, 1.807) is 0 Å². The minimum absolute atomic E-state index is 0.712. The third-order valence-corrected chi connectivity index (χ3v) is 4.13. The van der Waals surface area contributed by atoms with E-state index in [1.807, 2.05) is 0 Å². The van der Waals surface area contributed by atoms with Crippen LogP contribution < -0.4 is 10.1 Å². The SMILES string of the molecule is c1ccc2cc(OCCNC3CCCCC3)ccc2c1. The molecule has 0 amide bonds. The molecular formula is C18H23NO. The Labute approximate surface area is 121 Å². The van der Waals surface area contributed by atoms with E-state index in [9.17, 15) is 0 Å². The molecule has 20 heavy (non-hydrogen) atoms. The number of ether oxygens (including phenoxy) is 1. The maximum Gasteiger partial charge on any atom is 0.120 e. The maximum atomic E-state index is 5.84. The number of rotatable bonds is 5. The molecule has 0 bridgehead atoms. The smallest absolute Gasteiger partial charge is 0.120 e. The van der Waals surface area contributed by atoms with Crippen molar-refractivity contribution < 1.29 is 4.74 Å². The van der Waals surface area contributed by atoms with Gasteiger partial charge in [-0.05, 0) is 35.7 Å². The van der Waals surface area contributed by atoms with Gasteiger partial charge in [-0.1, -0.05) is 49.6 Å². The van der Waals surface area contributed by atoms with Gasteiger partial charge in [0.2, 0.25) is 0 Å². The fourth-order valence-corrected chi connectivity index (χ4v) is 3.00. The molecule has 2 aromatic carbocycles. The quantitative estimate of drug-likeness (QED) is 0.824. The summed E-state index contributed by atoms with van der Waals surface area (Å²) in [6.45, 7) is 1.69. The second-order valence-corrected chi connectivity index (χ2v) is 5.65. The van der Waals surface area contributed by atoms with Gasteiger partial charge in [-0.25, -0.2) is 0 Å². The first-order valence-electron chi connectivity index (χ1n) is 7.77. The first kappa shape index (κ1) is 13.4. The van der Waals surface area contributed by atoms with Crippen molar-refractivity contribution in [2.45, 2.75) is 38.1 Å². The summed E-state index contributed by atoms with van der Waals surface area (Å²) >= 11 is 0. The fourth-order valence-electron chi connectivity index (χ4n) is 3.00. The molecular weight excluding hydrogens is 246 g/mol. The highest BCUT2D eigenvalue weighted by atomic mass is 16.5. The van der Waals surface area contributed by atoms with Gasteiger partial charge in [-0.2, -0.15) is 0 Å². The van der Waals surface area contributed by atoms with Crippen LogP contribution >= 0.6 is 0 Å². The highest BCUT2D eigenvalue weighted by molar-refractivity contribution is 5.83. The highest BCUT2D eigenvalue weighted by Crippen LogP contribution is 2.20. The van der Waals surface area contributed by atoms with Crippen LogP contribution in [0.3, 0.4) is 0 Å². The van der Waals surface area contributed by atoms with Crippen LogP contribution in [0.15, 0.2) is 42.5 Å². The van der Waals surface area contributed by atoms with E-state index >= 15 is 0 Å². The zero-order valence-electron chi connectivity index (χ0n) is 12.0. The van der Waals surface area contributed by atoms with Crippen molar-refractivity contribution in [1.82, 2.24) is 5.32 Å². The van der Waals surface area contributed by atoms with Crippen LogP contribution in [0, 0.1) is 0 Å². The lowest BCUT2D eigenvalue weighted by Crippen LogP contribution is -2.34. The van der Waals surface area contributed by atoms with Crippen molar-refractivity contribution in [2.24, 2.45) is 0 Å². The van der Waals surface area contributed by atoms with Crippen LogP contribution in [0.1, 0.15) is 32.1 Å². The van der Waals surface area contributed by atoms with Crippen LogP contribution in [-0.4, -0.2) is 19.2 Å². The van der Waals surface area contributed by atoms with Gasteiger partial charge in [-0.3, -0.25) is 0 Å². The minimum atomic E-state index is 0.712. The summed E-state index contributed by atoms with van der Waals surface area (Å²) in [5.41, 5.74) is 0. The van der Waals surface area contributed by atoms with Gasteiger partial charge >= 0.3 is 0 Å². The lowest BCUT2D eigenvalue weighted by atomic mass is 9.96. The molecule has 0 atom stereocenters. The number of fused-ring (bicyclic) bond motifs is 1. The fraction of sp³-hybridized carbons (Fsp3) is 0.444. The van der Waals surface area contributed by atoms with Gasteiger partial charge < -0.3 is 10.1 Å². The van der Waals surface area contributed by atoms with Crippen molar-refractivity contribution in [3.05, 3.63) is 42.5 Å². The van der Waals surface area contributed by atoms with Crippen molar-refractivity contribution >= 4 is 10.8 Å². The van der Waals surface area contributed by atoms with E-state index in [0.717, 1.165) is 18.9 Å². The van der Waals surface area contributed by atoms with Crippen molar-refractivity contribution in [1.29, 1.82) is 0 Å². The second-order valence-electron chi connectivity index (χ2n) is 5.65. The van der Waals surface area contributed by atoms with E-state index in [2.05, 4.69) is 47.8 Å². The largest absolute Gasteiger partial charge is 0.492 e. The van der Waals surface area contributed by atoms with Gasteiger partial charge in [0.1, 0.15) is 12.4 Å². The van der Waals surface area contributed by atoms with E-state index < -0.39 is 0 Å². The number of hydrogen-bond donors (Lipinski definition) is 1. The monoisotopic (exact) mass is 269 g/mol. The summed E-state index contributed by atoms with van der Waals surface area (Å²) in [5, 5.41) is 6.11. The van der Waals surface area contributed by atoms with Crippen molar-refractivity contribution in [3.63, 3.8) is 0 Å². The summed E-state index contributed by atoms with van der Waals surface area (Å²) in [6, 6.07) is 15.4. The van der Waals surface area contributed by atoms with Gasteiger partial charge in [0.05, 0.1) is 0 Å². The Kier molecular flexibility index (Phi) is 4.54. The molecule has 0 saturated heterocycles. The molecule has 1 N–H and O–H groups in total. The molecule has 2 nitrogen and oxygen atoms in total. The first-order valence-corrected chi connectivity index (χ1v) is 7.77. The predicted molar refractivity (Wildman–Crippen MR) is 84.3 cm³/mol. The number of benzene rings is 2. The van der Waals surface area contributed by atoms with Crippen LogP contribution in [0.5, 0.6) is 5.75 Å². The first-order chi connectivity index (χ1) is 9.92. The van der Waals surface area contributed by atoms with Crippen molar-refractivity contribution in [3.8, 4) is 5.75 Å². The molecule has 1 saturated carbocycles. The zero-order valence-corrected chi connectivity index (χ0v) is 12.0. The van der Waals surface area contributed by atoms with E-state index in [-0.39, 0.29) is 0 Å². The van der Waals surface area contributed by atoms with Gasteiger partial charge in [-0.15, -0.1) is 0 Å². The van der Waals surface area contributed by atoms with Crippen LogP contribution in [0.4, 0.5) is 0 Å². The molecule has 106 valence electrons. The Morgan fingerprint density at radius 1 is 0.950 bits per heavy atom. The normalized spacial score (nSPS) is 16.4. The zero-order chi connectivity index (χ0) is 13.6. The third-order valence-electron chi connectivity index (χ3n) is 4.13. The molecule has 0 aromatic heterocycles. The third kappa shape index (κ3) is 3.51. The Morgan fingerprint density at radius 2 is 1.75 bits per heavy atom. The van der Waals surface area contributed by atoms with Crippen LogP contribution in [-0.2, 0) is 0 Å². The molecule has 0 heterocycles. The van der Waals surface area contributed by atoms with Crippen LogP contribution in [0.25, 0.3) is 10.8 Å². The predicted octanol–water partition coefficient (Wildman–Crippen LogP) is 4.14. The van der Waals surface area contributed by atoms with Gasteiger partial charge in [0.15, 0.2) is 0 Å². The summed E-state index contributed by atoms with van der Waals surface area (Å²) in [6.07, 6.45) is 6.82. The maximum absolute atomic E-state index is 5.84. The van der Waals surface area contributed by atoms with E-state index in [1.165, 1.54) is 42.9 Å². The number of nitrogens with one attached hydrogen (secondary N) is 1. The van der Waals surface area contributed by atoms with Gasteiger partial charge in [0, 0.05) is 12.6 Å². The average Bonchev–Trinajstić information content (AvgIpc) is 2.52. The summed E-state index contributed by atoms with van der Waals surface area (Å²) in [5.74, 6) is 0.967. The molecule has 2 heteroatoms. The van der Waals surface area contributed by atoms with Crippen LogP contribution in [0.2, 0.25) is 0 Å². The molecule has 2 aromatic rings. The Balaban J connectivity index is 1.47. The lowest BCUT2D eigenvalue weighted by molar-refractivity contribution is 0.289. The molecule has 3 rings (SSSR count). The van der Waals surface area contributed by atoms with E-state index in [0.29, 0.717) is 6.04 Å². The van der Waals surface area contributed by atoms with E-state index in [4.69, 9.17) is 4.74 Å². The molecule has 0 unspecified atom stereocenters. The number of hydrogen-bond acceptors (Lipinski definition) is 2. The highest BCUT2D eigenvalue weighted by Gasteiger charge is 2.11. The Morgan fingerprint density at radius 3 is 2.60 bits per heavy atom. The summed E-state index contributed by atoms with van der Waals surface area (Å²) < 4.78 is 5.84.